The van der Waals surface area contributed by atoms with Gasteiger partial charge in [-0.3, -0.25) is 4.90 Å². The first-order chi connectivity index (χ1) is 20.9. The number of aromatic hydroxyl groups is 1. The van der Waals surface area contributed by atoms with Crippen LogP contribution in [0, 0.1) is 0 Å². The summed E-state index contributed by atoms with van der Waals surface area (Å²) in [6.07, 6.45) is 2.82. The van der Waals surface area contributed by atoms with Crippen molar-refractivity contribution in [3.63, 3.8) is 0 Å². The van der Waals surface area contributed by atoms with E-state index in [-0.39, 0.29) is 11.8 Å². The van der Waals surface area contributed by atoms with E-state index in [1.807, 2.05) is 30.1 Å². The maximum atomic E-state index is 14.4. The Hall–Kier alpha value is -4.26. The molecule has 2 aliphatic rings. The number of ether oxygens (including phenoxy) is 1. The molecule has 9 heteroatoms. The minimum Gasteiger partial charge on any atom is -0.504 e. The summed E-state index contributed by atoms with van der Waals surface area (Å²) >= 11 is 0. The SMILES string of the molecule is COc1cc2c(cc1O)C/C(=N/P(=O)(Oc1ccccc1)Oc1ccccc1)N(C)C2c1ccc(CN2CCCC2)cc1. The Morgan fingerprint density at radius 1 is 0.884 bits per heavy atom. The highest BCUT2D eigenvalue weighted by molar-refractivity contribution is 7.53. The van der Waals surface area contributed by atoms with Crippen molar-refractivity contribution in [2.75, 3.05) is 27.2 Å². The van der Waals surface area contributed by atoms with Gasteiger partial charge in [0, 0.05) is 20.0 Å². The van der Waals surface area contributed by atoms with Crippen molar-refractivity contribution in [2.24, 2.45) is 4.76 Å². The Morgan fingerprint density at radius 2 is 1.49 bits per heavy atom. The van der Waals surface area contributed by atoms with Crippen LogP contribution < -0.4 is 13.8 Å². The number of hydrogen-bond acceptors (Lipinski definition) is 6. The molecule has 0 aromatic heterocycles. The monoisotopic (exact) mass is 597 g/mol. The van der Waals surface area contributed by atoms with Gasteiger partial charge in [0.1, 0.15) is 17.3 Å². The minimum atomic E-state index is -4.10. The van der Waals surface area contributed by atoms with E-state index in [9.17, 15) is 9.67 Å². The Labute approximate surface area is 252 Å². The van der Waals surface area contributed by atoms with Gasteiger partial charge in [-0.05, 0) is 84.6 Å². The molecule has 1 atom stereocenters. The van der Waals surface area contributed by atoms with Crippen LogP contribution in [-0.4, -0.2) is 48.0 Å². The van der Waals surface area contributed by atoms with Crippen LogP contribution >= 0.6 is 7.75 Å². The van der Waals surface area contributed by atoms with E-state index in [1.54, 1.807) is 61.7 Å². The molecule has 2 heterocycles. The van der Waals surface area contributed by atoms with Gasteiger partial charge in [0.25, 0.3) is 0 Å². The fourth-order valence-corrected chi connectivity index (χ4v) is 7.18. The van der Waals surface area contributed by atoms with Crippen LogP contribution in [0.1, 0.15) is 41.1 Å². The average Bonchev–Trinajstić information content (AvgIpc) is 3.52. The van der Waals surface area contributed by atoms with Crippen molar-refractivity contribution in [1.82, 2.24) is 9.80 Å². The summed E-state index contributed by atoms with van der Waals surface area (Å²) < 4.78 is 36.5. The topological polar surface area (TPSA) is 83.8 Å². The van der Waals surface area contributed by atoms with E-state index >= 15 is 0 Å². The summed E-state index contributed by atoms with van der Waals surface area (Å²) in [6, 6.07) is 29.7. The number of amidine groups is 1. The number of phenolic OH excluding ortho intramolecular Hbond substituents is 1. The van der Waals surface area contributed by atoms with Crippen LogP contribution in [0.5, 0.6) is 23.0 Å². The molecule has 1 saturated heterocycles. The summed E-state index contributed by atoms with van der Waals surface area (Å²) in [5, 5.41) is 10.7. The van der Waals surface area contributed by atoms with Crippen LogP contribution in [0.15, 0.2) is 102 Å². The van der Waals surface area contributed by atoms with E-state index in [0.717, 1.165) is 36.3 Å². The van der Waals surface area contributed by atoms with Gasteiger partial charge in [0.15, 0.2) is 11.5 Å². The van der Waals surface area contributed by atoms with Crippen LogP contribution in [0.4, 0.5) is 0 Å². The average molecular weight is 598 g/mol. The maximum absolute atomic E-state index is 14.4. The molecule has 4 aromatic carbocycles. The molecule has 8 nitrogen and oxygen atoms in total. The van der Waals surface area contributed by atoms with Crippen LogP contribution in [0.2, 0.25) is 0 Å². The molecule has 6 rings (SSSR count). The lowest BCUT2D eigenvalue weighted by atomic mass is 9.87. The van der Waals surface area contributed by atoms with Gasteiger partial charge in [0.2, 0.25) is 0 Å². The zero-order valence-corrected chi connectivity index (χ0v) is 25.3. The zero-order valence-electron chi connectivity index (χ0n) is 24.4. The molecule has 222 valence electrons. The second-order valence-electron chi connectivity index (χ2n) is 10.9. The third-order valence-corrected chi connectivity index (χ3v) is 9.30. The van der Waals surface area contributed by atoms with E-state index in [1.165, 1.54) is 18.4 Å². The van der Waals surface area contributed by atoms with Gasteiger partial charge in [-0.15, -0.1) is 4.76 Å². The van der Waals surface area contributed by atoms with Gasteiger partial charge in [-0.1, -0.05) is 60.7 Å². The Kier molecular flexibility index (Phi) is 8.41. The predicted molar refractivity (Wildman–Crippen MR) is 168 cm³/mol. The van der Waals surface area contributed by atoms with Crippen LogP contribution in [-0.2, 0) is 17.5 Å². The maximum Gasteiger partial charge on any atom is 0.564 e. The molecular formula is C34H36N3O5P. The number of benzene rings is 4. The lowest BCUT2D eigenvalue weighted by Crippen LogP contribution is -2.38. The summed E-state index contributed by atoms with van der Waals surface area (Å²) in [4.78, 5) is 4.48. The van der Waals surface area contributed by atoms with E-state index < -0.39 is 7.75 Å². The number of para-hydroxylation sites is 2. The molecule has 0 aliphatic carbocycles. The molecule has 1 unspecified atom stereocenters. The van der Waals surface area contributed by atoms with Crippen molar-refractivity contribution in [1.29, 1.82) is 0 Å². The third kappa shape index (κ3) is 6.56. The molecule has 0 saturated carbocycles. The van der Waals surface area contributed by atoms with Gasteiger partial charge >= 0.3 is 7.75 Å². The summed E-state index contributed by atoms with van der Waals surface area (Å²) in [6.45, 7) is 3.21. The Bertz CT molecular complexity index is 1580. The third-order valence-electron chi connectivity index (χ3n) is 7.94. The summed E-state index contributed by atoms with van der Waals surface area (Å²) in [5.74, 6) is 1.72. The van der Waals surface area contributed by atoms with Crippen molar-refractivity contribution in [3.8, 4) is 23.0 Å². The molecule has 1 N–H and O–H groups in total. The van der Waals surface area contributed by atoms with Gasteiger partial charge in [-0.2, -0.15) is 0 Å². The highest BCUT2D eigenvalue weighted by Gasteiger charge is 2.36. The molecule has 2 aliphatic heterocycles. The minimum absolute atomic E-state index is 0.0362. The van der Waals surface area contributed by atoms with Crippen LogP contribution in [0.25, 0.3) is 0 Å². The van der Waals surface area contributed by atoms with E-state index in [0.29, 0.717) is 29.5 Å². The summed E-state index contributed by atoms with van der Waals surface area (Å²) in [7, 11) is -0.625. The number of likely N-dealkylation sites (N-methyl/N-ethyl adjacent to an activating group) is 1. The standard InChI is InChI=1S/C34H36N3O5P/c1-36-33(35-43(39,41-28-11-5-3-6-12-28)42-29-13-7-4-8-14-29)22-27-21-31(38)32(40-2)23-30(27)34(36)26-17-15-25(16-18-26)24-37-19-9-10-20-37/h3-8,11-18,21,23,34,38H,9-10,19-20,22,24H2,1-2H3/b35-33-. The van der Waals surface area contributed by atoms with Crippen molar-refractivity contribution in [2.45, 2.75) is 31.8 Å². The molecule has 1 fully saturated rings. The quantitative estimate of drug-likeness (QED) is 0.204. The first kappa shape index (κ1) is 28.8. The predicted octanol–water partition coefficient (Wildman–Crippen LogP) is 7.24. The largest absolute Gasteiger partial charge is 0.564 e. The van der Waals surface area contributed by atoms with Gasteiger partial charge < -0.3 is 23.8 Å². The molecule has 0 spiro atoms. The molecular weight excluding hydrogens is 561 g/mol. The van der Waals surface area contributed by atoms with E-state index in [2.05, 4.69) is 29.2 Å². The Morgan fingerprint density at radius 3 is 2.07 bits per heavy atom. The number of likely N-dealkylation sites (tertiary alicyclic amines) is 1. The molecule has 43 heavy (non-hydrogen) atoms. The fraction of sp³-hybridized carbons (Fsp3) is 0.265. The van der Waals surface area contributed by atoms with Gasteiger partial charge in [0.05, 0.1) is 13.2 Å². The van der Waals surface area contributed by atoms with Gasteiger partial charge in [-0.25, -0.2) is 4.57 Å². The number of rotatable bonds is 9. The normalized spacial score (nSPS) is 18.0. The molecule has 0 bridgehead atoms. The number of nitrogens with zero attached hydrogens (tertiary/aromatic N) is 3. The van der Waals surface area contributed by atoms with Crippen molar-refractivity contribution in [3.05, 3.63) is 119 Å². The van der Waals surface area contributed by atoms with E-state index in [4.69, 9.17) is 18.5 Å². The molecule has 0 radical (unpaired) electrons. The summed E-state index contributed by atoms with van der Waals surface area (Å²) in [5.41, 5.74) is 4.13. The lowest BCUT2D eigenvalue weighted by molar-refractivity contribution is 0.331. The first-order valence-electron chi connectivity index (χ1n) is 14.5. The number of fused-ring (bicyclic) bond motifs is 1. The smallest absolute Gasteiger partial charge is 0.504 e. The Balaban J connectivity index is 1.40. The molecule has 0 amide bonds. The first-order valence-corrected chi connectivity index (χ1v) is 16.0. The van der Waals surface area contributed by atoms with Crippen molar-refractivity contribution < 1.29 is 23.5 Å². The van der Waals surface area contributed by atoms with Crippen molar-refractivity contribution >= 4 is 13.6 Å². The second kappa shape index (κ2) is 12.5. The zero-order chi connectivity index (χ0) is 29.8. The molecule has 4 aromatic rings. The second-order valence-corrected chi connectivity index (χ2v) is 12.4. The highest BCUT2D eigenvalue weighted by atomic mass is 31.2. The number of hydrogen-bond donors (Lipinski definition) is 1. The highest BCUT2D eigenvalue weighted by Crippen LogP contribution is 2.51. The fourth-order valence-electron chi connectivity index (χ4n) is 5.79. The number of methoxy groups -OCH3 is 1. The number of phenols is 1. The lowest BCUT2D eigenvalue weighted by Gasteiger charge is -2.38. The van der Waals surface area contributed by atoms with Crippen LogP contribution in [0.3, 0.4) is 0 Å².